The zero-order valence-electron chi connectivity index (χ0n) is 10.4. The van der Waals surface area contributed by atoms with Gasteiger partial charge >= 0.3 is 0 Å². The number of hydrogen-bond donors (Lipinski definition) is 1. The van der Waals surface area contributed by atoms with E-state index in [-0.39, 0.29) is 0 Å². The van der Waals surface area contributed by atoms with Gasteiger partial charge in [-0.2, -0.15) is 0 Å². The van der Waals surface area contributed by atoms with Crippen LogP contribution < -0.4 is 5.32 Å². The predicted molar refractivity (Wildman–Crippen MR) is 65.1 cm³/mol. The van der Waals surface area contributed by atoms with Crippen LogP contribution in [-0.2, 0) is 4.74 Å². The first-order chi connectivity index (χ1) is 7.36. The Kier molecular flexibility index (Phi) is 7.03. The van der Waals surface area contributed by atoms with Gasteiger partial charge in [-0.3, -0.25) is 0 Å². The molecule has 1 N–H and O–H groups in total. The van der Waals surface area contributed by atoms with Gasteiger partial charge in [0.1, 0.15) is 0 Å². The molecule has 0 aromatic carbocycles. The normalized spacial score (nSPS) is 26.8. The predicted octanol–water partition coefficient (Wildman–Crippen LogP) is 2.97. The van der Waals surface area contributed by atoms with Gasteiger partial charge in [-0.05, 0) is 38.6 Å². The SMILES string of the molecule is CCOCCCNC1CCCC(CC)C1. The lowest BCUT2D eigenvalue weighted by atomic mass is 9.84. The molecule has 1 saturated carbocycles. The molecule has 0 aromatic rings. The Hall–Kier alpha value is -0.0800. The fourth-order valence-corrected chi connectivity index (χ4v) is 2.47. The largest absolute Gasteiger partial charge is 0.382 e. The number of hydrogen-bond acceptors (Lipinski definition) is 2. The lowest BCUT2D eigenvalue weighted by molar-refractivity contribution is 0.143. The molecule has 15 heavy (non-hydrogen) atoms. The Labute approximate surface area is 94.8 Å². The monoisotopic (exact) mass is 213 g/mol. The number of rotatable bonds is 7. The molecule has 0 spiro atoms. The first-order valence-corrected chi connectivity index (χ1v) is 6.68. The Morgan fingerprint density at radius 2 is 2.13 bits per heavy atom. The maximum atomic E-state index is 5.33. The van der Waals surface area contributed by atoms with E-state index in [2.05, 4.69) is 19.2 Å². The summed E-state index contributed by atoms with van der Waals surface area (Å²) in [6.45, 7) is 7.26. The molecule has 0 saturated heterocycles. The Balaban J connectivity index is 2.00. The molecule has 0 bridgehead atoms. The van der Waals surface area contributed by atoms with E-state index in [1.54, 1.807) is 0 Å². The minimum absolute atomic E-state index is 0.783. The molecule has 2 atom stereocenters. The van der Waals surface area contributed by atoms with Gasteiger partial charge < -0.3 is 10.1 Å². The third-order valence-corrected chi connectivity index (χ3v) is 3.46. The molecule has 1 aliphatic carbocycles. The summed E-state index contributed by atoms with van der Waals surface area (Å²) < 4.78 is 5.33. The Morgan fingerprint density at radius 1 is 1.27 bits per heavy atom. The summed E-state index contributed by atoms with van der Waals surface area (Å²) in [7, 11) is 0. The van der Waals surface area contributed by atoms with Crippen LogP contribution in [0.2, 0.25) is 0 Å². The van der Waals surface area contributed by atoms with Gasteiger partial charge in [0.15, 0.2) is 0 Å². The van der Waals surface area contributed by atoms with Crippen molar-refractivity contribution < 1.29 is 4.74 Å². The van der Waals surface area contributed by atoms with Crippen molar-refractivity contribution >= 4 is 0 Å². The van der Waals surface area contributed by atoms with E-state index in [0.717, 1.165) is 38.1 Å². The van der Waals surface area contributed by atoms with Crippen LogP contribution in [0.5, 0.6) is 0 Å². The van der Waals surface area contributed by atoms with Gasteiger partial charge in [-0.1, -0.05) is 26.2 Å². The second kappa shape index (κ2) is 8.12. The van der Waals surface area contributed by atoms with E-state index in [1.807, 2.05) is 0 Å². The summed E-state index contributed by atoms with van der Waals surface area (Å²) in [6.07, 6.45) is 8.16. The van der Waals surface area contributed by atoms with E-state index in [9.17, 15) is 0 Å². The molecule has 0 aliphatic heterocycles. The van der Waals surface area contributed by atoms with Crippen LogP contribution >= 0.6 is 0 Å². The summed E-state index contributed by atoms with van der Waals surface area (Å²) in [5, 5.41) is 3.66. The van der Waals surface area contributed by atoms with E-state index in [1.165, 1.54) is 32.1 Å². The highest BCUT2D eigenvalue weighted by Gasteiger charge is 2.19. The molecule has 0 amide bonds. The van der Waals surface area contributed by atoms with E-state index in [4.69, 9.17) is 4.74 Å². The average Bonchev–Trinajstić information content (AvgIpc) is 2.29. The fourth-order valence-electron chi connectivity index (χ4n) is 2.47. The van der Waals surface area contributed by atoms with E-state index >= 15 is 0 Å². The average molecular weight is 213 g/mol. The van der Waals surface area contributed by atoms with Crippen LogP contribution in [0.25, 0.3) is 0 Å². The van der Waals surface area contributed by atoms with Crippen LogP contribution in [0, 0.1) is 5.92 Å². The fraction of sp³-hybridized carbons (Fsp3) is 1.00. The molecule has 0 radical (unpaired) electrons. The quantitative estimate of drug-likeness (QED) is 0.656. The van der Waals surface area contributed by atoms with Crippen molar-refractivity contribution in [3.8, 4) is 0 Å². The zero-order valence-corrected chi connectivity index (χ0v) is 10.4. The maximum Gasteiger partial charge on any atom is 0.0477 e. The van der Waals surface area contributed by atoms with Crippen LogP contribution in [0.4, 0.5) is 0 Å². The highest BCUT2D eigenvalue weighted by Crippen LogP contribution is 2.26. The van der Waals surface area contributed by atoms with Crippen molar-refractivity contribution in [2.24, 2.45) is 5.92 Å². The topological polar surface area (TPSA) is 21.3 Å². The lowest BCUT2D eigenvalue weighted by Gasteiger charge is -2.29. The van der Waals surface area contributed by atoms with Gasteiger partial charge in [0, 0.05) is 19.3 Å². The molecular weight excluding hydrogens is 186 g/mol. The van der Waals surface area contributed by atoms with Crippen molar-refractivity contribution in [1.82, 2.24) is 5.32 Å². The maximum absolute atomic E-state index is 5.33. The van der Waals surface area contributed by atoms with Crippen LogP contribution in [-0.4, -0.2) is 25.8 Å². The molecule has 1 aliphatic rings. The van der Waals surface area contributed by atoms with E-state index in [0.29, 0.717) is 0 Å². The Morgan fingerprint density at radius 3 is 2.87 bits per heavy atom. The summed E-state index contributed by atoms with van der Waals surface area (Å²) in [4.78, 5) is 0. The van der Waals surface area contributed by atoms with Crippen molar-refractivity contribution in [3.63, 3.8) is 0 Å². The lowest BCUT2D eigenvalue weighted by Crippen LogP contribution is -2.35. The molecule has 1 fully saturated rings. The minimum Gasteiger partial charge on any atom is -0.382 e. The standard InChI is InChI=1S/C13H27NO/c1-3-12-7-5-8-13(11-12)14-9-6-10-15-4-2/h12-14H,3-11H2,1-2H3. The van der Waals surface area contributed by atoms with Crippen LogP contribution in [0.3, 0.4) is 0 Å². The highest BCUT2D eigenvalue weighted by molar-refractivity contribution is 4.77. The molecule has 2 unspecified atom stereocenters. The van der Waals surface area contributed by atoms with Gasteiger partial charge in [-0.15, -0.1) is 0 Å². The van der Waals surface area contributed by atoms with Crippen molar-refractivity contribution in [2.75, 3.05) is 19.8 Å². The molecule has 0 aromatic heterocycles. The highest BCUT2D eigenvalue weighted by atomic mass is 16.5. The number of ether oxygens (including phenoxy) is 1. The first kappa shape index (κ1) is 13.0. The van der Waals surface area contributed by atoms with Gasteiger partial charge in [0.2, 0.25) is 0 Å². The molecule has 2 nitrogen and oxygen atoms in total. The molecular formula is C13H27NO. The Bertz CT molecular complexity index is 149. The summed E-state index contributed by atoms with van der Waals surface area (Å²) in [6, 6.07) is 0.783. The molecule has 2 heteroatoms. The minimum atomic E-state index is 0.783. The van der Waals surface area contributed by atoms with Crippen molar-refractivity contribution in [3.05, 3.63) is 0 Å². The first-order valence-electron chi connectivity index (χ1n) is 6.68. The van der Waals surface area contributed by atoms with Crippen molar-refractivity contribution in [2.45, 2.75) is 58.4 Å². The second-order valence-electron chi connectivity index (χ2n) is 4.64. The molecule has 0 heterocycles. The second-order valence-corrected chi connectivity index (χ2v) is 4.64. The molecule has 1 rings (SSSR count). The van der Waals surface area contributed by atoms with Gasteiger partial charge in [-0.25, -0.2) is 0 Å². The third kappa shape index (κ3) is 5.53. The molecule has 90 valence electrons. The van der Waals surface area contributed by atoms with E-state index < -0.39 is 0 Å². The van der Waals surface area contributed by atoms with Crippen molar-refractivity contribution in [1.29, 1.82) is 0 Å². The summed E-state index contributed by atoms with van der Waals surface area (Å²) in [5.74, 6) is 0.975. The smallest absolute Gasteiger partial charge is 0.0477 e. The third-order valence-electron chi connectivity index (χ3n) is 3.46. The van der Waals surface area contributed by atoms with Gasteiger partial charge in [0.25, 0.3) is 0 Å². The summed E-state index contributed by atoms with van der Waals surface area (Å²) in [5.41, 5.74) is 0. The van der Waals surface area contributed by atoms with Gasteiger partial charge in [0.05, 0.1) is 0 Å². The summed E-state index contributed by atoms with van der Waals surface area (Å²) >= 11 is 0. The zero-order chi connectivity index (χ0) is 10.9. The van der Waals surface area contributed by atoms with Crippen LogP contribution in [0.1, 0.15) is 52.4 Å². The number of nitrogens with one attached hydrogen (secondary N) is 1. The van der Waals surface area contributed by atoms with Crippen LogP contribution in [0.15, 0.2) is 0 Å².